The molecule has 3 atom stereocenters. The van der Waals surface area contributed by atoms with Crippen molar-refractivity contribution >= 4 is 39.5 Å². The summed E-state index contributed by atoms with van der Waals surface area (Å²) in [7, 11) is 0. The zero-order chi connectivity index (χ0) is 33.9. The van der Waals surface area contributed by atoms with E-state index in [0.717, 1.165) is 54.0 Å². The molecular formula is C47H36N4. The minimum atomic E-state index is 0.181. The number of anilines is 2. The Labute approximate surface area is 298 Å². The van der Waals surface area contributed by atoms with Gasteiger partial charge in [0.1, 0.15) is 0 Å². The van der Waals surface area contributed by atoms with Crippen LogP contribution < -0.4 is 20.7 Å². The van der Waals surface area contributed by atoms with E-state index in [2.05, 4.69) is 150 Å². The van der Waals surface area contributed by atoms with Crippen LogP contribution in [0.5, 0.6) is 0 Å². The molecule has 0 spiro atoms. The lowest BCUT2D eigenvalue weighted by Gasteiger charge is -2.34. The molecule has 3 aliphatic carbocycles. The Morgan fingerprint density at radius 1 is 0.863 bits per heavy atom. The van der Waals surface area contributed by atoms with Gasteiger partial charge in [-0.3, -0.25) is 0 Å². The third-order valence-electron chi connectivity index (χ3n) is 11.4. The van der Waals surface area contributed by atoms with E-state index in [1.165, 1.54) is 49.4 Å². The summed E-state index contributed by atoms with van der Waals surface area (Å²) < 4.78 is 0. The molecule has 0 radical (unpaired) electrons. The maximum absolute atomic E-state index is 9.76. The number of nitrogens with zero attached hydrogens (tertiary/aromatic N) is 3. The number of nitrogens with one attached hydrogen (secondary N) is 1. The zero-order valence-electron chi connectivity index (χ0n) is 28.3. The lowest BCUT2D eigenvalue weighted by atomic mass is 9.71. The summed E-state index contributed by atoms with van der Waals surface area (Å²) in [5.74, 6) is 0.971. The van der Waals surface area contributed by atoms with Crippen molar-refractivity contribution in [3.05, 3.63) is 178 Å². The quantitative estimate of drug-likeness (QED) is 0.210. The monoisotopic (exact) mass is 656 g/mol. The second kappa shape index (κ2) is 12.0. The molecular weight excluding hydrogens is 621 g/mol. The van der Waals surface area contributed by atoms with Gasteiger partial charge in [-0.15, -0.1) is 0 Å². The second-order valence-corrected chi connectivity index (χ2v) is 14.2. The summed E-state index contributed by atoms with van der Waals surface area (Å²) >= 11 is 0. The molecule has 0 saturated carbocycles. The predicted octanol–water partition coefficient (Wildman–Crippen LogP) is 8.95. The molecule has 51 heavy (non-hydrogen) atoms. The molecule has 244 valence electrons. The van der Waals surface area contributed by atoms with Crippen LogP contribution in [0.3, 0.4) is 0 Å². The molecule has 0 saturated heterocycles. The molecule has 4 heteroatoms. The van der Waals surface area contributed by atoms with E-state index in [0.29, 0.717) is 17.4 Å². The molecule has 3 unspecified atom stereocenters. The number of fused-ring (bicyclic) bond motifs is 7. The van der Waals surface area contributed by atoms with Crippen molar-refractivity contribution in [2.75, 3.05) is 11.4 Å². The predicted molar refractivity (Wildman–Crippen MR) is 208 cm³/mol. The maximum atomic E-state index is 9.76. The van der Waals surface area contributed by atoms with Gasteiger partial charge in [-0.1, -0.05) is 91.0 Å². The van der Waals surface area contributed by atoms with Crippen LogP contribution in [-0.2, 0) is 0 Å². The number of para-hydroxylation sites is 2. The van der Waals surface area contributed by atoms with Gasteiger partial charge in [0, 0.05) is 51.6 Å². The average Bonchev–Trinajstić information content (AvgIpc) is 3.53. The zero-order valence-corrected chi connectivity index (χ0v) is 28.3. The number of benzene rings is 4. The highest BCUT2D eigenvalue weighted by molar-refractivity contribution is 5.88. The molecule has 0 amide bonds. The highest BCUT2D eigenvalue weighted by atomic mass is 15.2. The summed E-state index contributed by atoms with van der Waals surface area (Å²) in [6.07, 6.45) is 21.5. The smallest absolute Gasteiger partial charge is 0.0991 e. The van der Waals surface area contributed by atoms with E-state index in [-0.39, 0.29) is 5.92 Å². The van der Waals surface area contributed by atoms with Crippen LogP contribution in [0, 0.1) is 23.2 Å². The number of dihydropyridines is 1. The Bertz CT molecular complexity index is 2580. The summed E-state index contributed by atoms with van der Waals surface area (Å²) in [4.78, 5) is 7.72. The van der Waals surface area contributed by atoms with Gasteiger partial charge in [-0.05, 0) is 113 Å². The summed E-state index contributed by atoms with van der Waals surface area (Å²) in [5, 5.41) is 17.1. The fraction of sp³-hybridized carbons (Fsp3) is 0.149. The minimum Gasteiger partial charge on any atom is -0.387 e. The van der Waals surface area contributed by atoms with Gasteiger partial charge in [0.15, 0.2) is 0 Å². The fourth-order valence-electron chi connectivity index (χ4n) is 9.05. The molecule has 0 fully saturated rings. The summed E-state index contributed by atoms with van der Waals surface area (Å²) in [6.45, 7) is 0.878. The number of aromatic nitrogens is 1. The standard InChI is InChI=1S/C47H36N4/c48-28-30-16-22-44-40(25-30)41-26-33(21-23-45(41)51(44)35-10-2-1-3-11-35)31-17-19-32(20-18-31)47-42-27-39(34-9-8-24-49-29-34)36-12-4-5-13-37(36)46(42)38-14-6-7-15-43(38)50-47/h1-3,5-11,13-25,27,36,39,41,49H,4,12,26,29H2. The first-order valence-corrected chi connectivity index (χ1v) is 18.1. The Morgan fingerprint density at radius 3 is 2.55 bits per heavy atom. The molecule has 3 heterocycles. The van der Waals surface area contributed by atoms with Crippen molar-refractivity contribution in [2.45, 2.75) is 25.2 Å². The average molecular weight is 657 g/mol. The van der Waals surface area contributed by atoms with Gasteiger partial charge in [-0.25, -0.2) is 4.98 Å². The van der Waals surface area contributed by atoms with Crippen molar-refractivity contribution < 1.29 is 0 Å². The van der Waals surface area contributed by atoms with Gasteiger partial charge in [0.2, 0.25) is 0 Å². The van der Waals surface area contributed by atoms with Gasteiger partial charge in [-0.2, -0.15) is 5.26 Å². The molecule has 1 N–H and O–H groups in total. The number of hydrogen-bond acceptors (Lipinski definition) is 4. The number of rotatable bonds is 4. The van der Waals surface area contributed by atoms with E-state index in [4.69, 9.17) is 4.98 Å². The molecule has 10 rings (SSSR count). The topological polar surface area (TPSA) is 52.0 Å². The van der Waals surface area contributed by atoms with Crippen LogP contribution in [-0.4, -0.2) is 11.5 Å². The summed E-state index contributed by atoms with van der Waals surface area (Å²) in [5.41, 5.74) is 14.1. The first-order chi connectivity index (χ1) is 25.2. The van der Waals surface area contributed by atoms with Gasteiger partial charge in [0.25, 0.3) is 0 Å². The number of nitriles is 1. The van der Waals surface area contributed by atoms with Crippen LogP contribution in [0.15, 0.2) is 151 Å². The Kier molecular flexibility index (Phi) is 6.99. The SMILES string of the molecule is N#Cc1ccc2c(c1)C1CC(c3ccc(-c4nc5ccccc5c5c4=CC(C4=CC=CNC4)C4CCC=CC=54)cc3)=CC=C1N2c1ccccc1. The summed E-state index contributed by atoms with van der Waals surface area (Å²) in [6, 6.07) is 36.8. The van der Waals surface area contributed by atoms with E-state index in [9.17, 15) is 5.26 Å². The van der Waals surface area contributed by atoms with E-state index < -0.39 is 0 Å². The Morgan fingerprint density at radius 2 is 1.71 bits per heavy atom. The lowest BCUT2D eigenvalue weighted by Crippen LogP contribution is -2.41. The molecule has 0 bridgehead atoms. The molecule has 5 aromatic rings. The molecule has 4 aromatic carbocycles. The Balaban J connectivity index is 1.08. The molecule has 1 aromatic heterocycles. The molecule has 4 nitrogen and oxygen atoms in total. The van der Waals surface area contributed by atoms with Crippen LogP contribution in [0.2, 0.25) is 0 Å². The second-order valence-electron chi connectivity index (χ2n) is 14.2. The third-order valence-corrected chi connectivity index (χ3v) is 11.4. The van der Waals surface area contributed by atoms with Crippen LogP contribution in [0.25, 0.3) is 39.4 Å². The van der Waals surface area contributed by atoms with E-state index >= 15 is 0 Å². The maximum Gasteiger partial charge on any atom is 0.0991 e. The Hall–Kier alpha value is -6.18. The number of pyridine rings is 1. The largest absolute Gasteiger partial charge is 0.387 e. The van der Waals surface area contributed by atoms with E-state index in [1.54, 1.807) is 0 Å². The van der Waals surface area contributed by atoms with Crippen LogP contribution in [0.1, 0.15) is 41.9 Å². The normalized spacial score (nSPS) is 21.2. The first kappa shape index (κ1) is 29.7. The van der Waals surface area contributed by atoms with Gasteiger partial charge in [0.05, 0.1) is 22.8 Å². The highest BCUT2D eigenvalue weighted by Gasteiger charge is 2.37. The van der Waals surface area contributed by atoms with Gasteiger partial charge < -0.3 is 10.2 Å². The molecule has 5 aliphatic rings. The van der Waals surface area contributed by atoms with Crippen LogP contribution in [0.4, 0.5) is 11.4 Å². The fourth-order valence-corrected chi connectivity index (χ4v) is 9.05. The molecule has 2 aliphatic heterocycles. The van der Waals surface area contributed by atoms with Crippen LogP contribution >= 0.6 is 0 Å². The van der Waals surface area contributed by atoms with Gasteiger partial charge >= 0.3 is 0 Å². The van der Waals surface area contributed by atoms with Crippen molar-refractivity contribution in [2.24, 2.45) is 11.8 Å². The number of hydrogen-bond donors (Lipinski definition) is 1. The van der Waals surface area contributed by atoms with Crippen molar-refractivity contribution in [1.82, 2.24) is 10.3 Å². The highest BCUT2D eigenvalue weighted by Crippen LogP contribution is 2.53. The van der Waals surface area contributed by atoms with Crippen molar-refractivity contribution in [1.29, 1.82) is 5.26 Å². The first-order valence-electron chi connectivity index (χ1n) is 18.1. The van der Waals surface area contributed by atoms with Crippen molar-refractivity contribution in [3.8, 4) is 17.3 Å². The van der Waals surface area contributed by atoms with E-state index in [1.807, 2.05) is 12.3 Å². The third kappa shape index (κ3) is 4.84. The lowest BCUT2D eigenvalue weighted by molar-refractivity contribution is 0.510. The number of allylic oxidation sites excluding steroid dienone is 8. The van der Waals surface area contributed by atoms with Crippen molar-refractivity contribution in [3.63, 3.8) is 0 Å². The minimum absolute atomic E-state index is 0.181.